The van der Waals surface area contributed by atoms with Gasteiger partial charge in [0.1, 0.15) is 11.8 Å². The summed E-state index contributed by atoms with van der Waals surface area (Å²) in [6, 6.07) is 7.67. The Morgan fingerprint density at radius 1 is 1.24 bits per heavy atom. The normalized spacial score (nSPS) is 17.1. The van der Waals surface area contributed by atoms with Gasteiger partial charge < -0.3 is 0 Å². The Bertz CT molecular complexity index is 573. The molecule has 0 aliphatic heterocycles. The van der Waals surface area contributed by atoms with E-state index in [2.05, 4.69) is 16.2 Å². The van der Waals surface area contributed by atoms with Crippen molar-refractivity contribution in [2.45, 2.75) is 38.0 Å². The molecule has 1 fully saturated rings. The molecule has 86 valence electrons. The van der Waals surface area contributed by atoms with Crippen LogP contribution >= 0.6 is 0 Å². The number of aromatic nitrogens is 3. The van der Waals surface area contributed by atoms with Gasteiger partial charge in [0.05, 0.1) is 0 Å². The second-order valence-corrected chi connectivity index (χ2v) is 4.60. The van der Waals surface area contributed by atoms with Crippen LogP contribution in [0.5, 0.6) is 0 Å². The number of hydrogen-bond donors (Lipinski definition) is 0. The van der Waals surface area contributed by atoms with E-state index in [1.807, 2.05) is 12.1 Å². The summed E-state index contributed by atoms with van der Waals surface area (Å²) in [5.74, 6) is 1.39. The van der Waals surface area contributed by atoms with Crippen LogP contribution in [0.3, 0.4) is 0 Å². The van der Waals surface area contributed by atoms with Gasteiger partial charge in [-0.25, -0.2) is 9.50 Å². The number of rotatable bonds is 1. The minimum absolute atomic E-state index is 0.482. The van der Waals surface area contributed by atoms with Gasteiger partial charge in [-0.2, -0.15) is 5.26 Å². The van der Waals surface area contributed by atoms with E-state index < -0.39 is 0 Å². The quantitative estimate of drug-likeness (QED) is 0.751. The fraction of sp³-hybridized carbons (Fsp3) is 0.462. The second kappa shape index (κ2) is 4.17. The second-order valence-electron chi connectivity index (χ2n) is 4.60. The highest BCUT2D eigenvalue weighted by molar-refractivity contribution is 5.42. The molecule has 0 atom stereocenters. The number of nitriles is 1. The van der Waals surface area contributed by atoms with Gasteiger partial charge in [0.15, 0.2) is 11.5 Å². The highest BCUT2D eigenvalue weighted by Crippen LogP contribution is 2.30. The van der Waals surface area contributed by atoms with E-state index in [0.29, 0.717) is 11.6 Å². The predicted octanol–water partition coefficient (Wildman–Crippen LogP) is 2.65. The zero-order chi connectivity index (χ0) is 11.7. The first kappa shape index (κ1) is 10.3. The molecule has 4 nitrogen and oxygen atoms in total. The van der Waals surface area contributed by atoms with Crippen molar-refractivity contribution in [3.8, 4) is 6.07 Å². The molecular weight excluding hydrogens is 212 g/mol. The molecule has 4 heteroatoms. The van der Waals surface area contributed by atoms with Crippen LogP contribution < -0.4 is 0 Å². The SMILES string of the molecule is N#Cc1cccc2nc(C3CCCCC3)nn12. The fourth-order valence-corrected chi connectivity index (χ4v) is 2.54. The molecule has 0 radical (unpaired) electrons. The van der Waals surface area contributed by atoms with Crippen LogP contribution in [0.1, 0.15) is 49.5 Å². The lowest BCUT2D eigenvalue weighted by Crippen LogP contribution is -2.06. The Hall–Kier alpha value is -1.89. The molecule has 2 heterocycles. The summed E-state index contributed by atoms with van der Waals surface area (Å²) in [6.45, 7) is 0. The lowest BCUT2D eigenvalue weighted by molar-refractivity contribution is 0.429. The summed E-state index contributed by atoms with van der Waals surface area (Å²) < 4.78 is 1.66. The van der Waals surface area contributed by atoms with Crippen LogP contribution in [-0.4, -0.2) is 14.6 Å². The highest BCUT2D eigenvalue weighted by atomic mass is 15.3. The molecule has 1 saturated carbocycles. The molecule has 0 unspecified atom stereocenters. The summed E-state index contributed by atoms with van der Waals surface area (Å²) in [4.78, 5) is 4.55. The molecule has 1 aliphatic rings. The monoisotopic (exact) mass is 226 g/mol. The van der Waals surface area contributed by atoms with Crippen molar-refractivity contribution in [3.05, 3.63) is 29.7 Å². The molecule has 17 heavy (non-hydrogen) atoms. The third-order valence-electron chi connectivity index (χ3n) is 3.46. The standard InChI is InChI=1S/C13H14N4/c14-9-11-7-4-8-12-15-13(16-17(11)12)10-5-2-1-3-6-10/h4,7-8,10H,1-3,5-6H2. The van der Waals surface area contributed by atoms with Gasteiger partial charge in [-0.05, 0) is 25.0 Å². The van der Waals surface area contributed by atoms with Crippen LogP contribution in [0.15, 0.2) is 18.2 Å². The first-order valence-corrected chi connectivity index (χ1v) is 6.14. The van der Waals surface area contributed by atoms with E-state index in [-0.39, 0.29) is 0 Å². The summed E-state index contributed by atoms with van der Waals surface area (Å²) in [6.07, 6.45) is 6.22. The molecular formula is C13H14N4. The van der Waals surface area contributed by atoms with Crippen molar-refractivity contribution in [1.29, 1.82) is 5.26 Å². The number of fused-ring (bicyclic) bond motifs is 1. The van der Waals surface area contributed by atoms with Crippen LogP contribution in [0.25, 0.3) is 5.65 Å². The van der Waals surface area contributed by atoms with Crippen molar-refractivity contribution in [2.75, 3.05) is 0 Å². The van der Waals surface area contributed by atoms with Gasteiger partial charge in [0, 0.05) is 5.92 Å². The van der Waals surface area contributed by atoms with Crippen LogP contribution in [0, 0.1) is 11.3 Å². The summed E-state index contributed by atoms with van der Waals surface area (Å²) in [5.41, 5.74) is 1.33. The van der Waals surface area contributed by atoms with Gasteiger partial charge in [-0.3, -0.25) is 0 Å². The van der Waals surface area contributed by atoms with E-state index in [4.69, 9.17) is 5.26 Å². The van der Waals surface area contributed by atoms with Gasteiger partial charge in [0.25, 0.3) is 0 Å². The molecule has 0 bridgehead atoms. The van der Waals surface area contributed by atoms with Crippen molar-refractivity contribution < 1.29 is 0 Å². The predicted molar refractivity (Wildman–Crippen MR) is 63.5 cm³/mol. The zero-order valence-corrected chi connectivity index (χ0v) is 9.63. The van der Waals surface area contributed by atoms with E-state index in [0.717, 1.165) is 11.5 Å². The van der Waals surface area contributed by atoms with Crippen molar-refractivity contribution in [1.82, 2.24) is 14.6 Å². The number of pyridine rings is 1. The van der Waals surface area contributed by atoms with E-state index in [1.54, 1.807) is 10.6 Å². The molecule has 2 aromatic rings. The van der Waals surface area contributed by atoms with Crippen LogP contribution in [-0.2, 0) is 0 Å². The van der Waals surface area contributed by atoms with E-state index in [9.17, 15) is 0 Å². The van der Waals surface area contributed by atoms with Crippen molar-refractivity contribution in [3.63, 3.8) is 0 Å². The van der Waals surface area contributed by atoms with Gasteiger partial charge >= 0.3 is 0 Å². The van der Waals surface area contributed by atoms with Gasteiger partial charge in [0.2, 0.25) is 0 Å². The smallest absolute Gasteiger partial charge is 0.157 e. The minimum atomic E-state index is 0.482. The molecule has 0 spiro atoms. The fourth-order valence-electron chi connectivity index (χ4n) is 2.54. The molecule has 2 aromatic heterocycles. The first-order valence-electron chi connectivity index (χ1n) is 6.14. The Labute approximate surface area is 99.9 Å². The van der Waals surface area contributed by atoms with Gasteiger partial charge in [-0.1, -0.05) is 25.3 Å². The van der Waals surface area contributed by atoms with Gasteiger partial charge in [-0.15, -0.1) is 5.10 Å². The average molecular weight is 226 g/mol. The molecule has 0 amide bonds. The zero-order valence-electron chi connectivity index (χ0n) is 9.63. The largest absolute Gasteiger partial charge is 0.212 e. The topological polar surface area (TPSA) is 54.0 Å². The Kier molecular flexibility index (Phi) is 2.52. The highest BCUT2D eigenvalue weighted by Gasteiger charge is 2.20. The van der Waals surface area contributed by atoms with Crippen molar-refractivity contribution >= 4 is 5.65 Å². The molecule has 0 aromatic carbocycles. The van der Waals surface area contributed by atoms with E-state index in [1.165, 1.54) is 32.1 Å². The van der Waals surface area contributed by atoms with Crippen LogP contribution in [0.2, 0.25) is 0 Å². The Balaban J connectivity index is 2.04. The summed E-state index contributed by atoms with van der Waals surface area (Å²) in [5, 5.41) is 13.5. The maximum Gasteiger partial charge on any atom is 0.157 e. The lowest BCUT2D eigenvalue weighted by Gasteiger charge is -2.17. The summed E-state index contributed by atoms with van der Waals surface area (Å²) in [7, 11) is 0. The van der Waals surface area contributed by atoms with Crippen LogP contribution in [0.4, 0.5) is 0 Å². The first-order chi connectivity index (χ1) is 8.38. The maximum absolute atomic E-state index is 9.02. The molecule has 3 rings (SSSR count). The Morgan fingerprint density at radius 2 is 2.06 bits per heavy atom. The van der Waals surface area contributed by atoms with E-state index >= 15 is 0 Å². The summed E-state index contributed by atoms with van der Waals surface area (Å²) >= 11 is 0. The number of hydrogen-bond acceptors (Lipinski definition) is 3. The molecule has 0 saturated heterocycles. The number of nitrogens with zero attached hydrogens (tertiary/aromatic N) is 4. The molecule has 0 N–H and O–H groups in total. The van der Waals surface area contributed by atoms with Crippen molar-refractivity contribution in [2.24, 2.45) is 0 Å². The maximum atomic E-state index is 9.02. The minimum Gasteiger partial charge on any atom is -0.212 e. The Morgan fingerprint density at radius 3 is 2.82 bits per heavy atom. The third-order valence-corrected chi connectivity index (χ3v) is 3.46. The average Bonchev–Trinajstić information content (AvgIpc) is 2.83. The molecule has 1 aliphatic carbocycles. The third kappa shape index (κ3) is 1.78. The lowest BCUT2D eigenvalue weighted by atomic mass is 9.89.